The Balaban J connectivity index is 2.95. The van der Waals surface area contributed by atoms with Gasteiger partial charge >= 0.3 is 0 Å². The number of aromatic nitrogens is 2. The Morgan fingerprint density at radius 3 is 2.61 bits per heavy atom. The van der Waals surface area contributed by atoms with Crippen molar-refractivity contribution in [1.29, 1.82) is 0 Å². The van der Waals surface area contributed by atoms with Crippen LogP contribution in [-0.2, 0) is 12.0 Å². The van der Waals surface area contributed by atoms with Gasteiger partial charge in [0, 0.05) is 12.0 Å². The van der Waals surface area contributed by atoms with Gasteiger partial charge in [-0.3, -0.25) is 4.68 Å². The van der Waals surface area contributed by atoms with Crippen LogP contribution in [0.25, 0.3) is 0 Å². The highest BCUT2D eigenvalue weighted by Gasteiger charge is 2.29. The number of nitrogens with zero attached hydrogens (tertiary/aromatic N) is 3. The first-order chi connectivity index (χ1) is 8.24. The molecule has 0 bridgehead atoms. The van der Waals surface area contributed by atoms with Gasteiger partial charge < -0.3 is 10.0 Å². The lowest BCUT2D eigenvalue weighted by Gasteiger charge is -2.28. The molecule has 4 nitrogen and oxygen atoms in total. The molecule has 104 valence electrons. The van der Waals surface area contributed by atoms with Crippen molar-refractivity contribution in [3.05, 3.63) is 16.4 Å². The predicted molar refractivity (Wildman–Crippen MR) is 77.8 cm³/mol. The van der Waals surface area contributed by atoms with E-state index in [1.807, 2.05) is 17.8 Å². The fraction of sp³-hybridized carbons (Fsp3) is 0.769. The molecule has 0 amide bonds. The minimum absolute atomic E-state index is 0.101. The number of rotatable bonds is 6. The van der Waals surface area contributed by atoms with Crippen LogP contribution in [0, 0.1) is 0 Å². The van der Waals surface area contributed by atoms with Crippen molar-refractivity contribution in [3.63, 3.8) is 0 Å². The number of hydrogen-bond donors (Lipinski definition) is 1. The molecule has 0 aliphatic heterocycles. The van der Waals surface area contributed by atoms with E-state index in [-0.39, 0.29) is 11.5 Å². The summed E-state index contributed by atoms with van der Waals surface area (Å²) < 4.78 is 3.05. The quantitative estimate of drug-likeness (QED) is 0.875. The number of likely N-dealkylation sites (N-methyl/N-ethyl adjacent to an activating group) is 1. The summed E-state index contributed by atoms with van der Waals surface area (Å²) in [6.45, 7) is 7.93. The van der Waals surface area contributed by atoms with E-state index in [9.17, 15) is 5.11 Å². The number of hydrogen-bond acceptors (Lipinski definition) is 3. The molecule has 18 heavy (non-hydrogen) atoms. The van der Waals surface area contributed by atoms with Crippen LogP contribution in [0.5, 0.6) is 0 Å². The van der Waals surface area contributed by atoms with Crippen LogP contribution in [0.2, 0.25) is 0 Å². The van der Waals surface area contributed by atoms with E-state index >= 15 is 0 Å². The third kappa shape index (κ3) is 4.07. The molecule has 0 radical (unpaired) electrons. The second-order valence-electron chi connectivity index (χ2n) is 5.80. The first-order valence-corrected chi connectivity index (χ1v) is 7.08. The van der Waals surface area contributed by atoms with Gasteiger partial charge in [-0.1, -0.05) is 13.8 Å². The second-order valence-corrected chi connectivity index (χ2v) is 6.66. The van der Waals surface area contributed by atoms with E-state index in [1.54, 1.807) is 0 Å². The van der Waals surface area contributed by atoms with E-state index in [4.69, 9.17) is 0 Å². The van der Waals surface area contributed by atoms with Crippen molar-refractivity contribution < 1.29 is 5.11 Å². The lowest BCUT2D eigenvalue weighted by atomic mass is 9.83. The Hall–Kier alpha value is -0.390. The Labute approximate surface area is 118 Å². The summed E-state index contributed by atoms with van der Waals surface area (Å²) in [6, 6.07) is 0. The summed E-state index contributed by atoms with van der Waals surface area (Å²) in [5, 5.41) is 14.1. The summed E-state index contributed by atoms with van der Waals surface area (Å²) in [5.41, 5.74) is 1.06. The van der Waals surface area contributed by atoms with Crippen molar-refractivity contribution >= 4 is 15.9 Å². The molecular formula is C13H24BrN3O. The van der Waals surface area contributed by atoms with Crippen LogP contribution < -0.4 is 0 Å². The molecule has 1 heterocycles. The SMILES string of the molecule is CC(O)CC(C)(C)c1c(Br)cnn1CCN(C)C. The van der Waals surface area contributed by atoms with Gasteiger partial charge in [-0.25, -0.2) is 0 Å². The second kappa shape index (κ2) is 6.17. The Morgan fingerprint density at radius 1 is 1.50 bits per heavy atom. The number of halogens is 1. The maximum absolute atomic E-state index is 9.63. The van der Waals surface area contributed by atoms with Gasteiger partial charge in [-0.05, 0) is 43.4 Å². The third-order valence-corrected chi connectivity index (χ3v) is 3.58. The van der Waals surface area contributed by atoms with Crippen molar-refractivity contribution in [2.24, 2.45) is 0 Å². The first kappa shape index (κ1) is 15.7. The van der Waals surface area contributed by atoms with Crippen LogP contribution in [0.15, 0.2) is 10.7 Å². The molecule has 1 rings (SSSR count). The van der Waals surface area contributed by atoms with Crippen LogP contribution in [-0.4, -0.2) is 46.5 Å². The van der Waals surface area contributed by atoms with Gasteiger partial charge in [0.2, 0.25) is 0 Å². The molecule has 1 aromatic rings. The smallest absolute Gasteiger partial charge is 0.0635 e. The van der Waals surface area contributed by atoms with E-state index < -0.39 is 0 Å². The largest absolute Gasteiger partial charge is 0.393 e. The predicted octanol–water partition coefficient (Wildman–Crippen LogP) is 2.26. The van der Waals surface area contributed by atoms with Crippen LogP contribution in [0.1, 0.15) is 32.9 Å². The zero-order chi connectivity index (χ0) is 13.9. The van der Waals surface area contributed by atoms with Crippen LogP contribution in [0.3, 0.4) is 0 Å². The normalized spacial score (nSPS) is 14.2. The fourth-order valence-electron chi connectivity index (χ4n) is 2.33. The molecule has 1 N–H and O–H groups in total. The molecule has 0 fully saturated rings. The van der Waals surface area contributed by atoms with Gasteiger partial charge in [0.25, 0.3) is 0 Å². The topological polar surface area (TPSA) is 41.3 Å². The standard InChI is InChI=1S/C13H24BrN3O/c1-10(18)8-13(2,3)12-11(14)9-15-17(12)7-6-16(4)5/h9-10,18H,6-8H2,1-5H3. The average molecular weight is 318 g/mol. The van der Waals surface area contributed by atoms with Gasteiger partial charge in [-0.2, -0.15) is 5.10 Å². The molecule has 0 aliphatic carbocycles. The summed E-state index contributed by atoms with van der Waals surface area (Å²) in [6.07, 6.45) is 2.25. The van der Waals surface area contributed by atoms with E-state index in [0.29, 0.717) is 0 Å². The van der Waals surface area contributed by atoms with Crippen LogP contribution >= 0.6 is 15.9 Å². The van der Waals surface area contributed by atoms with Crippen LogP contribution in [0.4, 0.5) is 0 Å². The van der Waals surface area contributed by atoms with Gasteiger partial charge in [0.05, 0.1) is 29.0 Å². The molecule has 5 heteroatoms. The number of aliphatic hydroxyl groups is 1. The molecule has 0 spiro atoms. The lowest BCUT2D eigenvalue weighted by Crippen LogP contribution is -2.29. The third-order valence-electron chi connectivity index (χ3n) is 3.00. The molecule has 1 aromatic heterocycles. The fourth-order valence-corrected chi connectivity index (χ4v) is 3.17. The minimum Gasteiger partial charge on any atom is -0.393 e. The Bertz CT molecular complexity index is 386. The summed E-state index contributed by atoms with van der Waals surface area (Å²) in [4.78, 5) is 2.14. The summed E-state index contributed by atoms with van der Waals surface area (Å²) >= 11 is 3.57. The highest BCUT2D eigenvalue weighted by molar-refractivity contribution is 9.10. The van der Waals surface area contributed by atoms with Gasteiger partial charge in [-0.15, -0.1) is 0 Å². The lowest BCUT2D eigenvalue weighted by molar-refractivity contribution is 0.153. The monoisotopic (exact) mass is 317 g/mol. The van der Waals surface area contributed by atoms with Crippen molar-refractivity contribution in [2.75, 3.05) is 20.6 Å². The van der Waals surface area contributed by atoms with E-state index in [1.165, 1.54) is 0 Å². The van der Waals surface area contributed by atoms with E-state index in [0.717, 1.165) is 29.7 Å². The van der Waals surface area contributed by atoms with Crippen molar-refractivity contribution in [3.8, 4) is 0 Å². The molecule has 0 saturated carbocycles. The molecule has 0 saturated heterocycles. The Kier molecular flexibility index (Phi) is 5.37. The minimum atomic E-state index is -0.316. The Morgan fingerprint density at radius 2 is 2.11 bits per heavy atom. The first-order valence-electron chi connectivity index (χ1n) is 6.28. The molecule has 0 aromatic carbocycles. The van der Waals surface area contributed by atoms with Crippen molar-refractivity contribution in [2.45, 2.75) is 45.3 Å². The molecule has 1 unspecified atom stereocenters. The summed E-state index contributed by atoms with van der Waals surface area (Å²) in [5.74, 6) is 0. The van der Waals surface area contributed by atoms with Gasteiger partial charge in [0.15, 0.2) is 0 Å². The maximum atomic E-state index is 9.63. The highest BCUT2D eigenvalue weighted by Crippen LogP contribution is 2.33. The highest BCUT2D eigenvalue weighted by atomic mass is 79.9. The molecular weight excluding hydrogens is 294 g/mol. The summed E-state index contributed by atoms with van der Waals surface area (Å²) in [7, 11) is 4.11. The zero-order valence-electron chi connectivity index (χ0n) is 11.9. The maximum Gasteiger partial charge on any atom is 0.0635 e. The zero-order valence-corrected chi connectivity index (χ0v) is 13.5. The number of aliphatic hydroxyl groups excluding tert-OH is 1. The average Bonchev–Trinajstić information content (AvgIpc) is 2.55. The van der Waals surface area contributed by atoms with E-state index in [2.05, 4.69) is 53.9 Å². The molecule has 0 aliphatic rings. The van der Waals surface area contributed by atoms with Crippen molar-refractivity contribution in [1.82, 2.24) is 14.7 Å². The van der Waals surface area contributed by atoms with Gasteiger partial charge in [0.1, 0.15) is 0 Å². The molecule has 1 atom stereocenters.